The number of rotatable bonds is 3. The number of benzene rings is 1. The van der Waals surface area contributed by atoms with Crippen molar-refractivity contribution in [3.05, 3.63) is 23.8 Å². The van der Waals surface area contributed by atoms with Crippen molar-refractivity contribution in [2.24, 2.45) is 5.14 Å². The Hall–Kier alpha value is -1.31. The lowest BCUT2D eigenvalue weighted by Gasteiger charge is -2.28. The van der Waals surface area contributed by atoms with E-state index in [1.165, 1.54) is 0 Å². The van der Waals surface area contributed by atoms with Gasteiger partial charge in [0, 0.05) is 7.05 Å². The number of nitrogens with two attached hydrogens (primary N) is 1. The first-order chi connectivity index (χ1) is 7.96. The van der Waals surface area contributed by atoms with Gasteiger partial charge in [0.05, 0.1) is 18.8 Å². The van der Waals surface area contributed by atoms with Gasteiger partial charge >= 0.3 is 10.3 Å². The third-order valence-electron chi connectivity index (χ3n) is 2.51. The molecule has 7 heteroatoms. The number of ether oxygens (including phenoxy) is 1. The van der Waals surface area contributed by atoms with E-state index in [-0.39, 0.29) is 6.61 Å². The minimum atomic E-state index is -3.90. The first kappa shape index (κ1) is 12.2. The lowest BCUT2D eigenvalue weighted by atomic mass is 10.1. The van der Waals surface area contributed by atoms with Crippen LogP contribution in [0.4, 0.5) is 5.69 Å². The predicted molar refractivity (Wildman–Crippen MR) is 63.1 cm³/mol. The van der Waals surface area contributed by atoms with Gasteiger partial charge in [-0.2, -0.15) is 8.42 Å². The number of likely N-dealkylation sites (N-methyl/N-ethyl adjacent to an activating group) is 1. The average Bonchev–Trinajstić information content (AvgIpc) is 2.26. The topological polar surface area (TPSA) is 81.9 Å². The van der Waals surface area contributed by atoms with Crippen molar-refractivity contribution in [1.82, 2.24) is 0 Å². The quantitative estimate of drug-likeness (QED) is 0.839. The molecule has 1 aromatic rings. The van der Waals surface area contributed by atoms with Crippen molar-refractivity contribution >= 4 is 16.0 Å². The Morgan fingerprint density at radius 3 is 3.00 bits per heavy atom. The lowest BCUT2D eigenvalue weighted by molar-refractivity contribution is 0.304. The Balaban J connectivity index is 2.18. The second kappa shape index (κ2) is 4.52. The molecule has 0 bridgehead atoms. The van der Waals surface area contributed by atoms with Gasteiger partial charge < -0.3 is 9.64 Å². The highest BCUT2D eigenvalue weighted by atomic mass is 32.2. The molecule has 0 amide bonds. The van der Waals surface area contributed by atoms with E-state index in [9.17, 15) is 8.42 Å². The molecule has 2 rings (SSSR count). The van der Waals surface area contributed by atoms with Crippen LogP contribution in [0.25, 0.3) is 0 Å². The highest BCUT2D eigenvalue weighted by Gasteiger charge is 2.15. The van der Waals surface area contributed by atoms with Crippen molar-refractivity contribution in [3.8, 4) is 5.75 Å². The summed E-state index contributed by atoms with van der Waals surface area (Å²) in [5.74, 6) is 0.790. The van der Waals surface area contributed by atoms with Crippen LogP contribution in [0.2, 0.25) is 0 Å². The largest absolute Gasteiger partial charge is 0.490 e. The molecule has 0 fully saturated rings. The molecule has 1 heterocycles. The molecule has 0 aliphatic carbocycles. The third kappa shape index (κ3) is 3.09. The van der Waals surface area contributed by atoms with Gasteiger partial charge in [0.25, 0.3) is 0 Å². The summed E-state index contributed by atoms with van der Waals surface area (Å²) in [6.07, 6.45) is 0. The van der Waals surface area contributed by atoms with E-state index < -0.39 is 10.3 Å². The van der Waals surface area contributed by atoms with Crippen LogP contribution in [0, 0.1) is 0 Å². The van der Waals surface area contributed by atoms with Gasteiger partial charge in [-0.15, -0.1) is 0 Å². The first-order valence-corrected chi connectivity index (χ1v) is 6.57. The fraction of sp³-hybridized carbons (Fsp3) is 0.400. The van der Waals surface area contributed by atoms with Crippen LogP contribution >= 0.6 is 0 Å². The van der Waals surface area contributed by atoms with Crippen molar-refractivity contribution < 1.29 is 17.3 Å². The van der Waals surface area contributed by atoms with Crippen LogP contribution in [-0.4, -0.2) is 28.6 Å². The van der Waals surface area contributed by atoms with Crippen molar-refractivity contribution in [1.29, 1.82) is 0 Å². The van der Waals surface area contributed by atoms with E-state index in [1.54, 1.807) is 12.1 Å². The average molecular weight is 258 g/mol. The Kier molecular flexibility index (Phi) is 3.23. The van der Waals surface area contributed by atoms with Gasteiger partial charge in [0.2, 0.25) is 0 Å². The zero-order valence-corrected chi connectivity index (χ0v) is 10.2. The monoisotopic (exact) mass is 258 g/mol. The summed E-state index contributed by atoms with van der Waals surface area (Å²) in [5, 5.41) is 4.76. The van der Waals surface area contributed by atoms with Crippen molar-refractivity contribution in [2.75, 3.05) is 25.1 Å². The molecule has 94 valence electrons. The molecular weight excluding hydrogens is 244 g/mol. The fourth-order valence-corrected chi connectivity index (χ4v) is 1.94. The van der Waals surface area contributed by atoms with E-state index in [0.717, 1.165) is 23.5 Å². The zero-order chi connectivity index (χ0) is 12.5. The smallest absolute Gasteiger partial charge is 0.333 e. The SMILES string of the molecule is CN1CCOc2ccc(COS(N)(=O)=O)cc21. The van der Waals surface area contributed by atoms with E-state index >= 15 is 0 Å². The predicted octanol–water partition coefficient (Wildman–Crippen LogP) is 0.235. The summed E-state index contributed by atoms with van der Waals surface area (Å²) in [6.45, 7) is 1.38. The molecule has 0 saturated carbocycles. The summed E-state index contributed by atoms with van der Waals surface area (Å²) >= 11 is 0. The van der Waals surface area contributed by atoms with Crippen LogP contribution < -0.4 is 14.8 Å². The number of fused-ring (bicyclic) bond motifs is 1. The van der Waals surface area contributed by atoms with Crippen LogP contribution in [-0.2, 0) is 21.1 Å². The normalized spacial score (nSPS) is 15.3. The fourth-order valence-electron chi connectivity index (χ4n) is 1.64. The maximum atomic E-state index is 10.7. The molecule has 17 heavy (non-hydrogen) atoms. The second-order valence-electron chi connectivity index (χ2n) is 3.83. The van der Waals surface area contributed by atoms with Crippen LogP contribution in [0.5, 0.6) is 5.75 Å². The Morgan fingerprint density at radius 1 is 1.53 bits per heavy atom. The summed E-state index contributed by atoms with van der Waals surface area (Å²) < 4.78 is 31.4. The molecule has 2 N–H and O–H groups in total. The molecule has 0 atom stereocenters. The molecule has 1 aliphatic rings. The highest BCUT2D eigenvalue weighted by Crippen LogP contribution is 2.31. The summed E-state index contributed by atoms with van der Waals surface area (Å²) in [7, 11) is -1.95. The first-order valence-electron chi connectivity index (χ1n) is 5.10. The van der Waals surface area contributed by atoms with Crippen LogP contribution in [0.15, 0.2) is 18.2 Å². The van der Waals surface area contributed by atoms with E-state index in [4.69, 9.17) is 9.88 Å². The Bertz CT molecular complexity index is 515. The molecule has 0 spiro atoms. The van der Waals surface area contributed by atoms with E-state index in [2.05, 4.69) is 4.18 Å². The van der Waals surface area contributed by atoms with Gasteiger partial charge in [-0.05, 0) is 17.7 Å². The highest BCUT2D eigenvalue weighted by molar-refractivity contribution is 7.84. The molecule has 6 nitrogen and oxygen atoms in total. The minimum Gasteiger partial charge on any atom is -0.490 e. The van der Waals surface area contributed by atoms with E-state index in [0.29, 0.717) is 6.61 Å². The zero-order valence-electron chi connectivity index (χ0n) is 9.42. The molecule has 0 unspecified atom stereocenters. The summed E-state index contributed by atoms with van der Waals surface area (Å²) in [4.78, 5) is 2.04. The van der Waals surface area contributed by atoms with Gasteiger partial charge in [-0.1, -0.05) is 6.07 Å². The second-order valence-corrected chi connectivity index (χ2v) is 5.05. The number of anilines is 1. The Labute approximate surface area is 100 Å². The molecule has 1 aliphatic heterocycles. The lowest BCUT2D eigenvalue weighted by Crippen LogP contribution is -2.28. The maximum absolute atomic E-state index is 10.7. The van der Waals surface area contributed by atoms with Gasteiger partial charge in [-0.25, -0.2) is 5.14 Å². The Morgan fingerprint density at radius 2 is 2.29 bits per heavy atom. The number of nitrogens with zero attached hydrogens (tertiary/aromatic N) is 1. The van der Waals surface area contributed by atoms with Crippen molar-refractivity contribution in [2.45, 2.75) is 6.61 Å². The molecule has 0 saturated heterocycles. The number of hydrogen-bond acceptors (Lipinski definition) is 5. The van der Waals surface area contributed by atoms with E-state index in [1.807, 2.05) is 18.0 Å². The van der Waals surface area contributed by atoms with Gasteiger partial charge in [0.15, 0.2) is 0 Å². The van der Waals surface area contributed by atoms with Crippen molar-refractivity contribution in [3.63, 3.8) is 0 Å². The van der Waals surface area contributed by atoms with Gasteiger partial charge in [0.1, 0.15) is 12.4 Å². The van der Waals surface area contributed by atoms with Crippen LogP contribution in [0.1, 0.15) is 5.56 Å². The van der Waals surface area contributed by atoms with Gasteiger partial charge in [-0.3, -0.25) is 4.18 Å². The third-order valence-corrected chi connectivity index (χ3v) is 2.96. The number of hydrogen-bond donors (Lipinski definition) is 1. The molecule has 0 radical (unpaired) electrons. The van der Waals surface area contributed by atoms with Crippen LogP contribution in [0.3, 0.4) is 0 Å². The molecule has 0 aromatic heterocycles. The molecular formula is C10H14N2O4S. The molecule has 1 aromatic carbocycles. The summed E-state index contributed by atoms with van der Waals surface area (Å²) in [6, 6.07) is 5.38. The standard InChI is InChI=1S/C10H14N2O4S/c1-12-4-5-15-10-3-2-8(6-9(10)12)7-16-17(11,13)14/h2-3,6H,4-5,7H2,1H3,(H2,11,13,14). The minimum absolute atomic E-state index is 0.0695. The summed E-state index contributed by atoms with van der Waals surface area (Å²) in [5.41, 5.74) is 1.65. The maximum Gasteiger partial charge on any atom is 0.333 e.